The summed E-state index contributed by atoms with van der Waals surface area (Å²) in [7, 11) is 0. The van der Waals surface area contributed by atoms with Gasteiger partial charge in [-0.05, 0) is 37.3 Å². The molecule has 0 radical (unpaired) electrons. The average Bonchev–Trinajstić information content (AvgIpc) is 3.03. The molecule has 122 valence electrons. The number of benzene rings is 1. The van der Waals surface area contributed by atoms with Crippen molar-refractivity contribution in [1.82, 2.24) is 15.5 Å². The van der Waals surface area contributed by atoms with Crippen molar-refractivity contribution in [3.63, 3.8) is 0 Å². The first-order chi connectivity index (χ1) is 11.1. The number of H-pyrrole nitrogens is 1. The van der Waals surface area contributed by atoms with Crippen LogP contribution in [-0.2, 0) is 0 Å². The Hall–Kier alpha value is -1.85. The van der Waals surface area contributed by atoms with Crippen molar-refractivity contribution < 1.29 is 9.90 Å². The maximum Gasteiger partial charge on any atom is 0.269 e. The summed E-state index contributed by atoms with van der Waals surface area (Å²) in [5.41, 5.74) is 1.85. The molecule has 1 fully saturated rings. The summed E-state index contributed by atoms with van der Waals surface area (Å²) in [6.45, 7) is 0.580. The Bertz CT molecular complexity index is 686. The summed E-state index contributed by atoms with van der Waals surface area (Å²) < 4.78 is 0. The molecule has 1 amide bonds. The van der Waals surface area contributed by atoms with E-state index in [1.807, 2.05) is 18.2 Å². The van der Waals surface area contributed by atoms with Gasteiger partial charge >= 0.3 is 0 Å². The molecule has 5 nitrogen and oxygen atoms in total. The Morgan fingerprint density at radius 3 is 3.00 bits per heavy atom. The van der Waals surface area contributed by atoms with Crippen LogP contribution in [0.2, 0.25) is 5.02 Å². The molecule has 2 atom stereocenters. The number of nitrogens with zero attached hydrogens (tertiary/aromatic N) is 1. The van der Waals surface area contributed by atoms with Gasteiger partial charge in [0.2, 0.25) is 0 Å². The predicted octanol–water partition coefficient (Wildman–Crippen LogP) is 3.01. The summed E-state index contributed by atoms with van der Waals surface area (Å²) in [6, 6.07) is 9.09. The zero-order chi connectivity index (χ0) is 16.2. The van der Waals surface area contributed by atoms with Crippen LogP contribution in [0.3, 0.4) is 0 Å². The average molecular weight is 334 g/mol. The molecule has 1 aromatic heterocycles. The highest BCUT2D eigenvalue weighted by Crippen LogP contribution is 2.26. The van der Waals surface area contributed by atoms with E-state index in [1.54, 1.807) is 12.1 Å². The lowest BCUT2D eigenvalue weighted by Crippen LogP contribution is -2.33. The van der Waals surface area contributed by atoms with Crippen LogP contribution in [0.25, 0.3) is 11.3 Å². The van der Waals surface area contributed by atoms with Crippen molar-refractivity contribution in [2.45, 2.75) is 31.8 Å². The first kappa shape index (κ1) is 16.0. The Balaban J connectivity index is 1.61. The fourth-order valence-electron chi connectivity index (χ4n) is 3.03. The number of rotatable bonds is 4. The van der Waals surface area contributed by atoms with Gasteiger partial charge in [0, 0.05) is 12.1 Å². The number of carbonyl (C=O) groups is 1. The molecule has 2 unspecified atom stereocenters. The summed E-state index contributed by atoms with van der Waals surface area (Å²) in [5.74, 6) is 0.157. The molecule has 1 aliphatic rings. The largest absolute Gasteiger partial charge is 0.393 e. The normalized spacial score (nSPS) is 21.1. The van der Waals surface area contributed by atoms with Gasteiger partial charge in [-0.1, -0.05) is 36.2 Å². The van der Waals surface area contributed by atoms with E-state index in [-0.39, 0.29) is 12.0 Å². The third kappa shape index (κ3) is 3.92. The van der Waals surface area contributed by atoms with Crippen LogP contribution in [0.15, 0.2) is 30.3 Å². The predicted molar refractivity (Wildman–Crippen MR) is 89.3 cm³/mol. The van der Waals surface area contributed by atoms with E-state index >= 15 is 0 Å². The van der Waals surface area contributed by atoms with Crippen molar-refractivity contribution >= 4 is 17.5 Å². The van der Waals surface area contributed by atoms with Gasteiger partial charge in [-0.3, -0.25) is 9.89 Å². The molecule has 1 saturated carbocycles. The molecular formula is C17H20ClN3O2. The number of aliphatic hydroxyl groups excluding tert-OH is 1. The van der Waals surface area contributed by atoms with Gasteiger partial charge in [-0.15, -0.1) is 0 Å². The van der Waals surface area contributed by atoms with Gasteiger partial charge < -0.3 is 10.4 Å². The Morgan fingerprint density at radius 1 is 1.39 bits per heavy atom. The van der Waals surface area contributed by atoms with Gasteiger partial charge in [-0.2, -0.15) is 5.10 Å². The minimum Gasteiger partial charge on any atom is -0.393 e. The number of hydrogen-bond donors (Lipinski definition) is 3. The van der Waals surface area contributed by atoms with Gasteiger partial charge in [0.15, 0.2) is 0 Å². The van der Waals surface area contributed by atoms with Crippen LogP contribution in [0.1, 0.15) is 36.2 Å². The molecule has 3 rings (SSSR count). The van der Waals surface area contributed by atoms with E-state index in [9.17, 15) is 9.90 Å². The van der Waals surface area contributed by atoms with Gasteiger partial charge in [0.1, 0.15) is 5.69 Å². The Labute approximate surface area is 140 Å². The number of aromatic amines is 1. The molecule has 1 aliphatic carbocycles. The highest BCUT2D eigenvalue weighted by atomic mass is 35.5. The lowest BCUT2D eigenvalue weighted by Gasteiger charge is -2.25. The number of nitrogens with one attached hydrogen (secondary N) is 2. The maximum atomic E-state index is 12.2. The molecule has 2 aromatic rings. The first-order valence-corrected chi connectivity index (χ1v) is 8.28. The van der Waals surface area contributed by atoms with Gasteiger partial charge in [0.05, 0.1) is 16.8 Å². The Morgan fingerprint density at radius 2 is 2.22 bits per heavy atom. The van der Waals surface area contributed by atoms with Gasteiger partial charge in [0.25, 0.3) is 5.91 Å². The van der Waals surface area contributed by atoms with Crippen molar-refractivity contribution in [2.24, 2.45) is 5.92 Å². The fraction of sp³-hybridized carbons (Fsp3) is 0.412. The highest BCUT2D eigenvalue weighted by molar-refractivity contribution is 6.33. The van der Waals surface area contributed by atoms with Crippen LogP contribution < -0.4 is 5.32 Å². The van der Waals surface area contributed by atoms with E-state index in [1.165, 1.54) is 0 Å². The minimum atomic E-state index is -0.232. The summed E-state index contributed by atoms with van der Waals surface area (Å²) in [6.07, 6.45) is 3.46. The number of halogens is 1. The molecule has 0 saturated heterocycles. The number of carbonyl (C=O) groups excluding carboxylic acids is 1. The van der Waals surface area contributed by atoms with Crippen molar-refractivity contribution in [2.75, 3.05) is 6.54 Å². The quantitative estimate of drug-likeness (QED) is 0.804. The molecule has 1 aromatic carbocycles. The third-order valence-corrected chi connectivity index (χ3v) is 4.61. The molecule has 1 heterocycles. The minimum absolute atomic E-state index is 0.184. The van der Waals surface area contributed by atoms with Crippen LogP contribution in [0, 0.1) is 5.92 Å². The zero-order valence-corrected chi connectivity index (χ0v) is 13.5. The molecule has 23 heavy (non-hydrogen) atoms. The number of hydrogen-bond acceptors (Lipinski definition) is 3. The zero-order valence-electron chi connectivity index (χ0n) is 12.8. The maximum absolute atomic E-state index is 12.2. The fourth-order valence-corrected chi connectivity index (χ4v) is 3.26. The second kappa shape index (κ2) is 7.15. The summed E-state index contributed by atoms with van der Waals surface area (Å²) in [4.78, 5) is 12.2. The third-order valence-electron chi connectivity index (χ3n) is 4.28. The van der Waals surface area contributed by atoms with Crippen LogP contribution in [-0.4, -0.2) is 33.9 Å². The van der Waals surface area contributed by atoms with Gasteiger partial charge in [-0.25, -0.2) is 0 Å². The van der Waals surface area contributed by atoms with Crippen molar-refractivity contribution in [1.29, 1.82) is 0 Å². The molecule has 0 aliphatic heterocycles. The number of aromatic nitrogens is 2. The molecule has 3 N–H and O–H groups in total. The van der Waals surface area contributed by atoms with E-state index < -0.39 is 0 Å². The Kier molecular flexibility index (Phi) is 4.98. The molecule has 0 bridgehead atoms. The molecular weight excluding hydrogens is 314 g/mol. The second-order valence-electron chi connectivity index (χ2n) is 6.04. The first-order valence-electron chi connectivity index (χ1n) is 7.90. The number of amides is 1. The van der Waals surface area contributed by atoms with E-state index in [4.69, 9.17) is 11.6 Å². The molecule has 6 heteroatoms. The number of aliphatic hydroxyl groups is 1. The smallest absolute Gasteiger partial charge is 0.269 e. The van der Waals surface area contributed by atoms with Crippen molar-refractivity contribution in [3.8, 4) is 11.3 Å². The summed E-state index contributed by atoms with van der Waals surface area (Å²) >= 11 is 6.15. The topological polar surface area (TPSA) is 78.0 Å². The van der Waals surface area contributed by atoms with E-state index in [0.29, 0.717) is 28.9 Å². The highest BCUT2D eigenvalue weighted by Gasteiger charge is 2.21. The SMILES string of the molecule is O=C(NCC1CCCC(O)C1)c1cc(-c2ccccc2Cl)n[nH]1. The van der Waals surface area contributed by atoms with Crippen molar-refractivity contribution in [3.05, 3.63) is 41.0 Å². The second-order valence-corrected chi connectivity index (χ2v) is 6.45. The monoisotopic (exact) mass is 333 g/mol. The van der Waals surface area contributed by atoms with Crippen LogP contribution in [0.5, 0.6) is 0 Å². The van der Waals surface area contributed by atoms with E-state index in [2.05, 4.69) is 15.5 Å². The lowest BCUT2D eigenvalue weighted by atomic mass is 9.87. The lowest BCUT2D eigenvalue weighted by molar-refractivity contribution is 0.0870. The standard InChI is InChI=1S/C17H20ClN3O2/c18-14-7-2-1-6-13(14)15-9-16(21-20-15)17(23)19-10-11-4-3-5-12(22)8-11/h1-2,6-7,9,11-12,22H,3-5,8,10H2,(H,19,23)(H,20,21). The van der Waals surface area contributed by atoms with E-state index in [0.717, 1.165) is 31.2 Å². The van der Waals surface area contributed by atoms with Crippen LogP contribution >= 0.6 is 11.6 Å². The van der Waals surface area contributed by atoms with Crippen LogP contribution in [0.4, 0.5) is 0 Å². The summed E-state index contributed by atoms with van der Waals surface area (Å²) in [5, 5.41) is 20.1. The molecule has 0 spiro atoms.